The second-order valence-corrected chi connectivity index (χ2v) is 5.72. The molecule has 4 heteroatoms. The van der Waals surface area contributed by atoms with Gasteiger partial charge < -0.3 is 14.6 Å². The second-order valence-electron chi connectivity index (χ2n) is 3.67. The Morgan fingerprint density at radius 2 is 2.38 bits per heavy atom. The Kier molecular flexibility index (Phi) is 5.62. The van der Waals surface area contributed by atoms with Crippen LogP contribution < -0.4 is 5.73 Å². The lowest BCUT2D eigenvalue weighted by molar-refractivity contribution is 0.127. The van der Waals surface area contributed by atoms with Crippen molar-refractivity contribution in [3.8, 4) is 0 Å². The first-order valence-corrected chi connectivity index (χ1v) is 7.06. The first-order chi connectivity index (χ1) is 6.33. The Labute approximate surface area is 82.4 Å². The van der Waals surface area contributed by atoms with E-state index in [1.165, 1.54) is 18.9 Å². The lowest BCUT2D eigenvalue weighted by Crippen LogP contribution is -2.31. The van der Waals surface area contributed by atoms with Gasteiger partial charge in [-0.1, -0.05) is 0 Å². The average Bonchev–Trinajstić information content (AvgIpc) is 2.16. The first kappa shape index (κ1) is 11.2. The van der Waals surface area contributed by atoms with Gasteiger partial charge in [-0.2, -0.15) is 0 Å². The molecular formula is C9H21NO2Si. The van der Waals surface area contributed by atoms with Gasteiger partial charge in [0.05, 0.1) is 0 Å². The summed E-state index contributed by atoms with van der Waals surface area (Å²) in [5.41, 5.74) is 5.43. The molecule has 3 nitrogen and oxygen atoms in total. The van der Waals surface area contributed by atoms with Crippen LogP contribution in [0, 0.1) is 0 Å². The van der Waals surface area contributed by atoms with Crippen LogP contribution in [0.25, 0.3) is 0 Å². The lowest BCUT2D eigenvalue weighted by Gasteiger charge is -2.24. The van der Waals surface area contributed by atoms with E-state index < -0.39 is 9.28 Å². The Balaban J connectivity index is 2.07. The minimum Gasteiger partial charge on any atom is -0.397 e. The van der Waals surface area contributed by atoms with Crippen LogP contribution in [0.3, 0.4) is 0 Å². The number of nitrogens with two attached hydrogens (primary N) is 1. The molecule has 1 aliphatic heterocycles. The van der Waals surface area contributed by atoms with Crippen LogP contribution in [-0.2, 0) is 8.85 Å². The Hall–Kier alpha value is 0.0969. The molecule has 78 valence electrons. The topological polar surface area (TPSA) is 44.5 Å². The highest BCUT2D eigenvalue weighted by Gasteiger charge is 2.19. The molecule has 2 unspecified atom stereocenters. The zero-order valence-electron chi connectivity index (χ0n) is 8.50. The maximum atomic E-state index is 5.85. The molecule has 0 amide bonds. The number of hydrogen-bond acceptors (Lipinski definition) is 3. The van der Waals surface area contributed by atoms with Crippen molar-refractivity contribution in [1.82, 2.24) is 0 Å². The van der Waals surface area contributed by atoms with E-state index in [1.807, 2.05) is 0 Å². The number of hydrogen-bond donors (Lipinski definition) is 1. The standard InChI is InChI=1S/C9H21NO2Si/c1-9(5-4-6-10)12-13-8-3-2-7-11-13/h9,13H,2-8,10H2,1H3. The Morgan fingerprint density at radius 1 is 1.54 bits per heavy atom. The van der Waals surface area contributed by atoms with Gasteiger partial charge in [-0.15, -0.1) is 0 Å². The number of rotatable bonds is 5. The molecule has 1 saturated heterocycles. The SMILES string of the molecule is CC(CCCN)O[SiH]1CCCCO1. The molecule has 1 rings (SSSR count). The summed E-state index contributed by atoms with van der Waals surface area (Å²) < 4.78 is 11.5. The molecular weight excluding hydrogens is 182 g/mol. The summed E-state index contributed by atoms with van der Waals surface area (Å²) in [7, 11) is -1.27. The molecule has 13 heavy (non-hydrogen) atoms. The minimum atomic E-state index is -1.27. The normalized spacial score (nSPS) is 25.8. The predicted octanol–water partition coefficient (Wildman–Crippen LogP) is 1.16. The van der Waals surface area contributed by atoms with Gasteiger partial charge in [0, 0.05) is 12.7 Å². The average molecular weight is 203 g/mol. The third-order valence-corrected chi connectivity index (χ3v) is 4.59. The molecule has 1 fully saturated rings. The van der Waals surface area contributed by atoms with E-state index in [-0.39, 0.29) is 0 Å². The van der Waals surface area contributed by atoms with Crippen molar-refractivity contribution in [1.29, 1.82) is 0 Å². The molecule has 0 aromatic carbocycles. The zero-order chi connectivity index (χ0) is 9.52. The van der Waals surface area contributed by atoms with Gasteiger partial charge in [0.2, 0.25) is 0 Å². The summed E-state index contributed by atoms with van der Waals surface area (Å²) in [4.78, 5) is 0. The van der Waals surface area contributed by atoms with Gasteiger partial charge in [0.15, 0.2) is 0 Å². The first-order valence-electron chi connectivity index (χ1n) is 5.30. The summed E-state index contributed by atoms with van der Waals surface area (Å²) >= 11 is 0. The van der Waals surface area contributed by atoms with Crippen molar-refractivity contribution in [3.63, 3.8) is 0 Å². The molecule has 0 aromatic heterocycles. The van der Waals surface area contributed by atoms with Crippen LogP contribution in [0.5, 0.6) is 0 Å². The zero-order valence-corrected chi connectivity index (χ0v) is 9.65. The highest BCUT2D eigenvalue weighted by atomic mass is 28.3. The highest BCUT2D eigenvalue weighted by Crippen LogP contribution is 2.14. The van der Waals surface area contributed by atoms with Crippen molar-refractivity contribution < 1.29 is 8.85 Å². The van der Waals surface area contributed by atoms with E-state index in [0.717, 1.165) is 26.0 Å². The molecule has 2 N–H and O–H groups in total. The fourth-order valence-corrected chi connectivity index (χ4v) is 3.64. The van der Waals surface area contributed by atoms with E-state index in [2.05, 4.69) is 6.92 Å². The van der Waals surface area contributed by atoms with Gasteiger partial charge in [-0.3, -0.25) is 0 Å². The van der Waals surface area contributed by atoms with Crippen LogP contribution in [0.2, 0.25) is 6.04 Å². The summed E-state index contributed by atoms with van der Waals surface area (Å²) in [6.07, 6.45) is 4.98. The highest BCUT2D eigenvalue weighted by molar-refractivity contribution is 6.44. The summed E-state index contributed by atoms with van der Waals surface area (Å²) in [6.45, 7) is 3.81. The molecule has 0 saturated carbocycles. The van der Waals surface area contributed by atoms with Crippen LogP contribution in [0.4, 0.5) is 0 Å². The molecule has 0 radical (unpaired) electrons. The second kappa shape index (κ2) is 6.54. The molecule has 1 heterocycles. The maximum Gasteiger partial charge on any atom is 0.321 e. The van der Waals surface area contributed by atoms with Gasteiger partial charge in [-0.05, 0) is 45.2 Å². The summed E-state index contributed by atoms with van der Waals surface area (Å²) in [6, 6.07) is 1.19. The molecule has 0 aromatic rings. The van der Waals surface area contributed by atoms with Crippen molar-refractivity contribution >= 4 is 9.28 Å². The van der Waals surface area contributed by atoms with Crippen molar-refractivity contribution in [2.24, 2.45) is 5.73 Å². The largest absolute Gasteiger partial charge is 0.397 e. The minimum absolute atomic E-state index is 0.346. The third kappa shape index (κ3) is 4.76. The van der Waals surface area contributed by atoms with Crippen LogP contribution in [0.15, 0.2) is 0 Å². The molecule has 0 aliphatic carbocycles. The van der Waals surface area contributed by atoms with Crippen molar-refractivity contribution in [3.05, 3.63) is 0 Å². The van der Waals surface area contributed by atoms with E-state index in [1.54, 1.807) is 0 Å². The van der Waals surface area contributed by atoms with Gasteiger partial charge in [0.25, 0.3) is 0 Å². The van der Waals surface area contributed by atoms with Crippen LogP contribution in [-0.4, -0.2) is 28.5 Å². The van der Waals surface area contributed by atoms with Crippen molar-refractivity contribution in [2.45, 2.75) is 44.8 Å². The van der Waals surface area contributed by atoms with Gasteiger partial charge in [-0.25, -0.2) is 0 Å². The van der Waals surface area contributed by atoms with Crippen LogP contribution >= 0.6 is 0 Å². The smallest absolute Gasteiger partial charge is 0.321 e. The molecule has 2 atom stereocenters. The maximum absolute atomic E-state index is 5.85. The van der Waals surface area contributed by atoms with E-state index in [9.17, 15) is 0 Å². The van der Waals surface area contributed by atoms with Gasteiger partial charge >= 0.3 is 9.28 Å². The summed E-state index contributed by atoms with van der Waals surface area (Å²) in [5, 5.41) is 0. The van der Waals surface area contributed by atoms with E-state index in [0.29, 0.717) is 6.10 Å². The Morgan fingerprint density at radius 3 is 3.00 bits per heavy atom. The van der Waals surface area contributed by atoms with Gasteiger partial charge in [0.1, 0.15) is 0 Å². The third-order valence-electron chi connectivity index (χ3n) is 2.34. The fraction of sp³-hybridized carbons (Fsp3) is 1.00. The molecule has 0 spiro atoms. The van der Waals surface area contributed by atoms with Crippen LogP contribution in [0.1, 0.15) is 32.6 Å². The fourth-order valence-electron chi connectivity index (χ4n) is 1.55. The monoisotopic (exact) mass is 203 g/mol. The predicted molar refractivity (Wildman–Crippen MR) is 56.0 cm³/mol. The molecule has 0 bridgehead atoms. The van der Waals surface area contributed by atoms with E-state index >= 15 is 0 Å². The quantitative estimate of drug-likeness (QED) is 0.682. The molecule has 1 aliphatic rings. The van der Waals surface area contributed by atoms with E-state index in [4.69, 9.17) is 14.6 Å². The van der Waals surface area contributed by atoms with Crippen molar-refractivity contribution in [2.75, 3.05) is 13.2 Å². The Bertz CT molecular complexity index is 129. The summed E-state index contributed by atoms with van der Waals surface area (Å²) in [5.74, 6) is 0. The lowest BCUT2D eigenvalue weighted by atomic mass is 10.2.